The molecule has 1 aromatic heterocycles. The van der Waals surface area contributed by atoms with Crippen LogP contribution in [-0.2, 0) is 11.3 Å². The van der Waals surface area contributed by atoms with Gasteiger partial charge in [0.15, 0.2) is 0 Å². The van der Waals surface area contributed by atoms with E-state index in [0.29, 0.717) is 23.9 Å². The van der Waals surface area contributed by atoms with Gasteiger partial charge in [0.25, 0.3) is 5.91 Å². The monoisotopic (exact) mass is 372 g/mol. The number of nitrogens with zero attached hydrogens (tertiary/aromatic N) is 1. The van der Waals surface area contributed by atoms with Gasteiger partial charge in [0.2, 0.25) is 5.88 Å². The zero-order valence-electron chi connectivity index (χ0n) is 15.8. The third-order valence-corrected chi connectivity index (χ3v) is 3.37. The number of primary amides is 1. The average molecular weight is 372 g/mol. The highest BCUT2D eigenvalue weighted by Gasteiger charge is 2.16. The fourth-order valence-corrected chi connectivity index (χ4v) is 2.23. The van der Waals surface area contributed by atoms with Crippen molar-refractivity contribution in [1.29, 1.82) is 0 Å². The molecule has 0 aliphatic rings. The number of hydrogen-bond acceptors (Lipinski definition) is 6. The Labute approximate surface area is 158 Å². The van der Waals surface area contributed by atoms with Crippen molar-refractivity contribution in [3.8, 4) is 5.88 Å². The van der Waals surface area contributed by atoms with Gasteiger partial charge < -0.3 is 25.8 Å². The molecule has 8 heteroatoms. The zero-order chi connectivity index (χ0) is 20.0. The van der Waals surface area contributed by atoms with E-state index >= 15 is 0 Å². The molecule has 2 amide bonds. The highest BCUT2D eigenvalue weighted by molar-refractivity contribution is 5.98. The number of nitrogens with two attached hydrogens (primary N) is 1. The quantitative estimate of drug-likeness (QED) is 0.718. The maximum Gasteiger partial charge on any atom is 0.407 e. The lowest BCUT2D eigenvalue weighted by Gasteiger charge is -2.19. The Hall–Kier alpha value is -3.29. The summed E-state index contributed by atoms with van der Waals surface area (Å²) in [6.45, 7) is 5.69. The second-order valence-corrected chi connectivity index (χ2v) is 6.79. The third kappa shape index (κ3) is 6.18. The van der Waals surface area contributed by atoms with Gasteiger partial charge >= 0.3 is 6.09 Å². The number of methoxy groups -OCH3 is 1. The maximum absolute atomic E-state index is 11.8. The summed E-state index contributed by atoms with van der Waals surface area (Å²) >= 11 is 0. The van der Waals surface area contributed by atoms with Crippen LogP contribution in [0, 0.1) is 0 Å². The number of carbonyl (C=O) groups is 2. The molecule has 0 saturated heterocycles. The van der Waals surface area contributed by atoms with Crippen molar-refractivity contribution < 1.29 is 19.1 Å². The minimum atomic E-state index is -0.601. The molecule has 2 rings (SSSR count). The molecule has 144 valence electrons. The van der Waals surface area contributed by atoms with Crippen molar-refractivity contribution >= 4 is 23.5 Å². The molecule has 0 aliphatic carbocycles. The van der Waals surface area contributed by atoms with Crippen LogP contribution in [0.25, 0.3) is 0 Å². The van der Waals surface area contributed by atoms with Crippen molar-refractivity contribution in [3.63, 3.8) is 0 Å². The summed E-state index contributed by atoms with van der Waals surface area (Å²) in [7, 11) is 1.49. The first-order valence-corrected chi connectivity index (χ1v) is 8.35. The van der Waals surface area contributed by atoms with E-state index in [1.54, 1.807) is 32.9 Å². The molecule has 0 atom stereocenters. The first-order chi connectivity index (χ1) is 12.7. The number of nitrogens with one attached hydrogen (secondary N) is 2. The molecule has 0 fully saturated rings. The van der Waals surface area contributed by atoms with Gasteiger partial charge in [-0.25, -0.2) is 4.79 Å². The van der Waals surface area contributed by atoms with E-state index in [9.17, 15) is 9.59 Å². The molecular formula is C19H24N4O4. The second-order valence-electron chi connectivity index (χ2n) is 6.79. The van der Waals surface area contributed by atoms with E-state index in [1.165, 1.54) is 7.11 Å². The van der Waals surface area contributed by atoms with E-state index in [0.717, 1.165) is 5.56 Å². The highest BCUT2D eigenvalue weighted by atomic mass is 16.6. The lowest BCUT2D eigenvalue weighted by atomic mass is 10.2. The number of alkyl carbamates (subject to hydrolysis) is 1. The van der Waals surface area contributed by atoms with Crippen LogP contribution in [0.1, 0.15) is 36.7 Å². The van der Waals surface area contributed by atoms with Crippen molar-refractivity contribution in [3.05, 3.63) is 47.5 Å². The molecule has 1 aromatic carbocycles. The molecule has 2 aromatic rings. The summed E-state index contributed by atoms with van der Waals surface area (Å²) in [4.78, 5) is 27.6. The molecule has 27 heavy (non-hydrogen) atoms. The predicted molar refractivity (Wildman–Crippen MR) is 102 cm³/mol. The van der Waals surface area contributed by atoms with E-state index in [4.69, 9.17) is 15.2 Å². The molecule has 8 nitrogen and oxygen atoms in total. The molecule has 4 N–H and O–H groups in total. The van der Waals surface area contributed by atoms with Crippen LogP contribution in [0.4, 0.5) is 16.3 Å². The SMILES string of the molecule is COc1ccc(C(N)=O)c(Nc2cccc(CNC(=O)OC(C)(C)C)c2)n1. The molecular weight excluding hydrogens is 348 g/mol. The molecule has 0 saturated carbocycles. The first kappa shape index (κ1) is 20.0. The Balaban J connectivity index is 2.12. The fraction of sp³-hybridized carbons (Fsp3) is 0.316. The number of hydrogen-bond donors (Lipinski definition) is 3. The smallest absolute Gasteiger partial charge is 0.407 e. The summed E-state index contributed by atoms with van der Waals surface area (Å²) in [5.74, 6) is 0.0414. The summed E-state index contributed by atoms with van der Waals surface area (Å²) in [5.41, 5.74) is 6.61. The molecule has 0 spiro atoms. The van der Waals surface area contributed by atoms with Gasteiger partial charge in [0.1, 0.15) is 11.4 Å². The predicted octanol–water partition coefficient (Wildman–Crippen LogP) is 2.96. The standard InChI is InChI=1S/C19H24N4O4/c1-19(2,3)27-18(25)21-11-12-6-5-7-13(10-12)22-17-14(16(20)24)8-9-15(23-17)26-4/h5-10H,11H2,1-4H3,(H2,20,24)(H,21,25)(H,22,23). The fourth-order valence-electron chi connectivity index (χ4n) is 2.23. The number of ether oxygens (including phenoxy) is 2. The van der Waals surface area contributed by atoms with Crippen LogP contribution >= 0.6 is 0 Å². The molecule has 0 aliphatic heterocycles. The van der Waals surface area contributed by atoms with Gasteiger partial charge in [0.05, 0.1) is 12.7 Å². The largest absolute Gasteiger partial charge is 0.481 e. The van der Waals surface area contributed by atoms with Crippen LogP contribution in [-0.4, -0.2) is 29.7 Å². The van der Waals surface area contributed by atoms with Crippen LogP contribution in [0.5, 0.6) is 5.88 Å². The Kier molecular flexibility index (Phi) is 6.23. The van der Waals surface area contributed by atoms with Crippen LogP contribution in [0.3, 0.4) is 0 Å². The van der Waals surface area contributed by atoms with E-state index in [2.05, 4.69) is 15.6 Å². The Bertz CT molecular complexity index is 831. The second kappa shape index (κ2) is 8.39. The maximum atomic E-state index is 11.8. The van der Waals surface area contributed by atoms with Crippen LogP contribution in [0.2, 0.25) is 0 Å². The topological polar surface area (TPSA) is 116 Å². The number of aromatic nitrogens is 1. The van der Waals surface area contributed by atoms with E-state index < -0.39 is 17.6 Å². The van der Waals surface area contributed by atoms with E-state index in [1.807, 2.05) is 24.3 Å². The lowest BCUT2D eigenvalue weighted by molar-refractivity contribution is 0.0523. The minimum Gasteiger partial charge on any atom is -0.481 e. The van der Waals surface area contributed by atoms with Crippen molar-refractivity contribution in [2.45, 2.75) is 32.9 Å². The van der Waals surface area contributed by atoms with Gasteiger partial charge in [-0.3, -0.25) is 4.79 Å². The van der Waals surface area contributed by atoms with Gasteiger partial charge in [-0.05, 0) is 44.5 Å². The highest BCUT2D eigenvalue weighted by Crippen LogP contribution is 2.22. The average Bonchev–Trinajstić information content (AvgIpc) is 2.58. The first-order valence-electron chi connectivity index (χ1n) is 8.35. The number of anilines is 2. The summed E-state index contributed by atoms with van der Waals surface area (Å²) < 4.78 is 10.3. The van der Waals surface area contributed by atoms with Crippen molar-refractivity contribution in [1.82, 2.24) is 10.3 Å². The van der Waals surface area contributed by atoms with Gasteiger partial charge in [0, 0.05) is 18.3 Å². The number of pyridine rings is 1. The number of carbonyl (C=O) groups excluding carboxylic acids is 2. The number of benzene rings is 1. The number of rotatable bonds is 6. The molecule has 0 radical (unpaired) electrons. The summed E-state index contributed by atoms with van der Waals surface area (Å²) in [5, 5.41) is 5.75. The Morgan fingerprint density at radius 2 is 1.93 bits per heavy atom. The molecule has 0 unspecified atom stereocenters. The lowest BCUT2D eigenvalue weighted by Crippen LogP contribution is -2.32. The minimum absolute atomic E-state index is 0.244. The van der Waals surface area contributed by atoms with Crippen molar-refractivity contribution in [2.75, 3.05) is 12.4 Å². The van der Waals surface area contributed by atoms with Crippen LogP contribution < -0.4 is 21.1 Å². The Morgan fingerprint density at radius 3 is 2.56 bits per heavy atom. The van der Waals surface area contributed by atoms with Gasteiger partial charge in [-0.1, -0.05) is 12.1 Å². The normalized spacial score (nSPS) is 10.8. The molecule has 0 bridgehead atoms. The van der Waals surface area contributed by atoms with Crippen molar-refractivity contribution in [2.24, 2.45) is 5.73 Å². The number of amides is 2. The van der Waals surface area contributed by atoms with Gasteiger partial charge in [-0.2, -0.15) is 4.98 Å². The summed E-state index contributed by atoms with van der Waals surface area (Å²) in [6, 6.07) is 10.4. The Morgan fingerprint density at radius 1 is 1.19 bits per heavy atom. The molecule has 1 heterocycles. The summed E-state index contributed by atoms with van der Waals surface area (Å²) in [6.07, 6.45) is -0.494. The zero-order valence-corrected chi connectivity index (χ0v) is 15.8. The van der Waals surface area contributed by atoms with E-state index in [-0.39, 0.29) is 5.56 Å². The third-order valence-electron chi connectivity index (χ3n) is 3.37. The van der Waals surface area contributed by atoms with Gasteiger partial charge in [-0.15, -0.1) is 0 Å². The van der Waals surface area contributed by atoms with Crippen LogP contribution in [0.15, 0.2) is 36.4 Å².